The van der Waals surface area contributed by atoms with Crippen LogP contribution in [0.3, 0.4) is 0 Å². The minimum Gasteiger partial charge on any atom is -0.508 e. The van der Waals surface area contributed by atoms with Crippen LogP contribution in [0.5, 0.6) is 5.75 Å². The summed E-state index contributed by atoms with van der Waals surface area (Å²) in [4.78, 5) is 16.4. The largest absolute Gasteiger partial charge is 0.508 e. The lowest BCUT2D eigenvalue weighted by molar-refractivity contribution is -0.914. The van der Waals surface area contributed by atoms with E-state index in [-0.39, 0.29) is 11.9 Å². The number of phenols is 1. The standard InChI is InChI=1S/C20H31N3O2/c1-15-5-3-4-6-19(15)21-20(25)16(2)22-11-13-23(14-12-22)17-7-9-18(24)10-8-17/h7-10,15-16,19,24H,3-6,11-14H2,1-2H3,(H,21,25)/p+1/t15-,16-,19+/m1/s1. The van der Waals surface area contributed by atoms with E-state index in [1.54, 1.807) is 12.1 Å². The number of hydrogen-bond donors (Lipinski definition) is 3. The third-order valence-corrected chi connectivity index (χ3v) is 6.07. The van der Waals surface area contributed by atoms with Gasteiger partial charge in [0.2, 0.25) is 0 Å². The molecule has 3 N–H and O–H groups in total. The normalized spacial score (nSPS) is 26.2. The molecule has 2 fully saturated rings. The predicted molar refractivity (Wildman–Crippen MR) is 100 cm³/mol. The fourth-order valence-electron chi connectivity index (χ4n) is 4.17. The molecule has 0 spiro atoms. The second-order valence-electron chi connectivity index (χ2n) is 7.76. The van der Waals surface area contributed by atoms with Crippen LogP contribution in [0.2, 0.25) is 0 Å². The highest BCUT2D eigenvalue weighted by molar-refractivity contribution is 5.80. The quantitative estimate of drug-likeness (QED) is 0.767. The van der Waals surface area contributed by atoms with Gasteiger partial charge in [0.1, 0.15) is 5.75 Å². The van der Waals surface area contributed by atoms with Gasteiger partial charge in [-0.3, -0.25) is 4.79 Å². The number of anilines is 1. The maximum absolute atomic E-state index is 12.7. The number of quaternary nitrogens is 1. The zero-order valence-electron chi connectivity index (χ0n) is 15.5. The van der Waals surface area contributed by atoms with Gasteiger partial charge in [0.15, 0.2) is 6.04 Å². The molecule has 1 aliphatic heterocycles. The minimum absolute atomic E-state index is 0.0103. The number of phenolic OH excluding ortho intramolecular Hbond substituents is 1. The molecule has 1 aromatic rings. The number of carbonyl (C=O) groups excluding carboxylic acids is 1. The van der Waals surface area contributed by atoms with Gasteiger partial charge in [-0.2, -0.15) is 0 Å². The molecule has 25 heavy (non-hydrogen) atoms. The van der Waals surface area contributed by atoms with Crippen LogP contribution in [-0.4, -0.2) is 49.3 Å². The number of nitrogens with one attached hydrogen (secondary N) is 2. The lowest BCUT2D eigenvalue weighted by Gasteiger charge is -2.37. The summed E-state index contributed by atoms with van der Waals surface area (Å²) in [5, 5.41) is 12.7. The molecule has 1 saturated carbocycles. The van der Waals surface area contributed by atoms with Crippen LogP contribution >= 0.6 is 0 Å². The topological polar surface area (TPSA) is 57.0 Å². The third kappa shape index (κ3) is 4.46. The van der Waals surface area contributed by atoms with Crippen molar-refractivity contribution in [1.82, 2.24) is 5.32 Å². The van der Waals surface area contributed by atoms with Gasteiger partial charge in [-0.05, 0) is 49.9 Å². The summed E-state index contributed by atoms with van der Waals surface area (Å²) in [6.07, 6.45) is 4.90. The Bertz CT molecular complexity index is 567. The highest BCUT2D eigenvalue weighted by Crippen LogP contribution is 2.23. The zero-order chi connectivity index (χ0) is 17.8. The Morgan fingerprint density at radius 1 is 1.20 bits per heavy atom. The summed E-state index contributed by atoms with van der Waals surface area (Å²) in [5.41, 5.74) is 1.14. The highest BCUT2D eigenvalue weighted by atomic mass is 16.3. The van der Waals surface area contributed by atoms with Crippen LogP contribution in [0, 0.1) is 5.92 Å². The molecule has 138 valence electrons. The summed E-state index contributed by atoms with van der Waals surface area (Å²) in [6, 6.07) is 7.76. The van der Waals surface area contributed by atoms with Gasteiger partial charge in [0, 0.05) is 11.7 Å². The first-order valence-electron chi connectivity index (χ1n) is 9.73. The second-order valence-corrected chi connectivity index (χ2v) is 7.76. The van der Waals surface area contributed by atoms with Gasteiger partial charge in [-0.1, -0.05) is 19.8 Å². The molecule has 5 heteroatoms. The van der Waals surface area contributed by atoms with Gasteiger partial charge in [0.05, 0.1) is 26.2 Å². The Labute approximate surface area is 151 Å². The molecule has 2 aliphatic rings. The van der Waals surface area contributed by atoms with Crippen molar-refractivity contribution >= 4 is 11.6 Å². The van der Waals surface area contributed by atoms with Crippen molar-refractivity contribution in [3.05, 3.63) is 24.3 Å². The first-order chi connectivity index (χ1) is 12.0. The summed E-state index contributed by atoms with van der Waals surface area (Å²) in [7, 11) is 0. The molecular weight excluding hydrogens is 314 g/mol. The molecule has 5 nitrogen and oxygen atoms in total. The lowest BCUT2D eigenvalue weighted by Crippen LogP contribution is -3.19. The van der Waals surface area contributed by atoms with Crippen LogP contribution in [0.4, 0.5) is 5.69 Å². The monoisotopic (exact) mass is 346 g/mol. The summed E-state index contributed by atoms with van der Waals surface area (Å²) in [6.45, 7) is 8.15. The molecular formula is C20H32N3O2+. The van der Waals surface area contributed by atoms with E-state index in [2.05, 4.69) is 24.1 Å². The number of amides is 1. The van der Waals surface area contributed by atoms with Gasteiger partial charge < -0.3 is 20.2 Å². The van der Waals surface area contributed by atoms with Crippen molar-refractivity contribution in [1.29, 1.82) is 0 Å². The van der Waals surface area contributed by atoms with Crippen LogP contribution in [0.1, 0.15) is 39.5 Å². The van der Waals surface area contributed by atoms with Gasteiger partial charge in [0.25, 0.3) is 5.91 Å². The first kappa shape index (κ1) is 18.1. The molecule has 3 rings (SSSR count). The number of carbonyl (C=O) groups is 1. The molecule has 1 heterocycles. The highest BCUT2D eigenvalue weighted by Gasteiger charge is 2.31. The minimum atomic E-state index is 0.0103. The third-order valence-electron chi connectivity index (χ3n) is 6.07. The van der Waals surface area contributed by atoms with Crippen molar-refractivity contribution in [3.63, 3.8) is 0 Å². The smallest absolute Gasteiger partial charge is 0.278 e. The number of nitrogens with zero attached hydrogens (tertiary/aromatic N) is 1. The average Bonchev–Trinajstić information content (AvgIpc) is 2.64. The van der Waals surface area contributed by atoms with Crippen molar-refractivity contribution in [2.75, 3.05) is 31.1 Å². The van der Waals surface area contributed by atoms with Crippen LogP contribution < -0.4 is 15.1 Å². The van der Waals surface area contributed by atoms with E-state index in [9.17, 15) is 9.90 Å². The van der Waals surface area contributed by atoms with E-state index in [0.29, 0.717) is 17.7 Å². The molecule has 1 aromatic carbocycles. The van der Waals surface area contributed by atoms with Crippen molar-refractivity contribution in [2.24, 2.45) is 5.92 Å². The van der Waals surface area contributed by atoms with E-state index in [1.807, 2.05) is 12.1 Å². The number of rotatable bonds is 4. The van der Waals surface area contributed by atoms with Crippen molar-refractivity contribution in [2.45, 2.75) is 51.6 Å². The van der Waals surface area contributed by atoms with E-state index in [4.69, 9.17) is 0 Å². The van der Waals surface area contributed by atoms with Crippen LogP contribution in [0.25, 0.3) is 0 Å². The number of aromatic hydroxyl groups is 1. The number of hydrogen-bond acceptors (Lipinski definition) is 3. The molecule has 0 bridgehead atoms. The van der Waals surface area contributed by atoms with E-state index >= 15 is 0 Å². The number of benzene rings is 1. The molecule has 1 amide bonds. The van der Waals surface area contributed by atoms with E-state index in [0.717, 1.165) is 38.3 Å². The maximum Gasteiger partial charge on any atom is 0.278 e. The molecule has 1 saturated heterocycles. The Balaban J connectivity index is 1.49. The Morgan fingerprint density at radius 2 is 1.84 bits per heavy atom. The zero-order valence-corrected chi connectivity index (χ0v) is 15.5. The van der Waals surface area contributed by atoms with Crippen LogP contribution in [0.15, 0.2) is 24.3 Å². The SMILES string of the molecule is C[C@@H]1CCCC[C@@H]1NC(=O)[C@@H](C)[NH+]1CCN(c2ccc(O)cc2)CC1. The summed E-state index contributed by atoms with van der Waals surface area (Å²) < 4.78 is 0. The number of piperazine rings is 1. The van der Waals surface area contributed by atoms with E-state index in [1.165, 1.54) is 24.2 Å². The molecule has 0 aromatic heterocycles. The Morgan fingerprint density at radius 3 is 2.48 bits per heavy atom. The molecule has 1 aliphatic carbocycles. The van der Waals surface area contributed by atoms with Gasteiger partial charge in [-0.25, -0.2) is 0 Å². The second kappa shape index (κ2) is 8.09. The van der Waals surface area contributed by atoms with Gasteiger partial charge >= 0.3 is 0 Å². The van der Waals surface area contributed by atoms with E-state index < -0.39 is 0 Å². The Kier molecular flexibility index (Phi) is 5.84. The van der Waals surface area contributed by atoms with Gasteiger partial charge in [-0.15, -0.1) is 0 Å². The first-order valence-corrected chi connectivity index (χ1v) is 9.73. The van der Waals surface area contributed by atoms with Crippen molar-refractivity contribution in [3.8, 4) is 5.75 Å². The molecule has 0 radical (unpaired) electrons. The van der Waals surface area contributed by atoms with Crippen LogP contribution in [-0.2, 0) is 4.79 Å². The lowest BCUT2D eigenvalue weighted by atomic mass is 9.86. The summed E-state index contributed by atoms with van der Waals surface area (Å²) in [5.74, 6) is 1.12. The molecule has 0 unspecified atom stereocenters. The average molecular weight is 346 g/mol. The fourth-order valence-corrected chi connectivity index (χ4v) is 4.17. The van der Waals surface area contributed by atoms with Crippen molar-refractivity contribution < 1.29 is 14.8 Å². The maximum atomic E-state index is 12.7. The molecule has 3 atom stereocenters. The fraction of sp³-hybridized carbons (Fsp3) is 0.650. The summed E-state index contributed by atoms with van der Waals surface area (Å²) >= 11 is 0. The predicted octanol–water partition coefficient (Wildman–Crippen LogP) is 1.18. The Hall–Kier alpha value is -1.75.